The van der Waals surface area contributed by atoms with E-state index in [-0.39, 0.29) is 41.2 Å². The average molecular weight is 406 g/mol. The van der Waals surface area contributed by atoms with Gasteiger partial charge in [0.25, 0.3) is 0 Å². The summed E-state index contributed by atoms with van der Waals surface area (Å²) in [6.45, 7) is 1.57. The molecule has 0 aromatic heterocycles. The number of benzene rings is 2. The van der Waals surface area contributed by atoms with Crippen LogP contribution < -0.4 is 15.8 Å². The highest BCUT2D eigenvalue weighted by atomic mass is 35.5. The van der Waals surface area contributed by atoms with Gasteiger partial charge in [-0.25, -0.2) is 4.39 Å². The van der Waals surface area contributed by atoms with Gasteiger partial charge < -0.3 is 15.8 Å². The third-order valence-corrected chi connectivity index (χ3v) is 3.39. The van der Waals surface area contributed by atoms with E-state index in [0.717, 1.165) is 18.2 Å². The number of rotatable bonds is 5. The van der Waals surface area contributed by atoms with Gasteiger partial charge in [-0.1, -0.05) is 19.1 Å². The number of nitrogens with one attached hydrogen (secondary N) is 2. The lowest BCUT2D eigenvalue weighted by molar-refractivity contribution is -0.274. The molecule has 0 unspecified atom stereocenters. The molecule has 146 valence electrons. The van der Waals surface area contributed by atoms with Gasteiger partial charge in [0.15, 0.2) is 0 Å². The number of nitrogens with two attached hydrogens (primary N) is 1. The quantitative estimate of drug-likeness (QED) is 0.390. The molecule has 0 heterocycles. The number of amides is 1. The van der Waals surface area contributed by atoms with Gasteiger partial charge in [-0.2, -0.15) is 0 Å². The smallest absolute Gasteiger partial charge is 0.404 e. The Hall–Kier alpha value is -2.81. The second-order valence-corrected chi connectivity index (χ2v) is 5.23. The molecule has 2 aromatic rings. The lowest BCUT2D eigenvalue weighted by Gasteiger charge is -2.20. The van der Waals surface area contributed by atoms with E-state index in [1.807, 2.05) is 0 Å². The summed E-state index contributed by atoms with van der Waals surface area (Å²) in [5.41, 5.74) is 5.08. The number of hydrogen-bond donors (Lipinski definition) is 3. The minimum Gasteiger partial charge on any atom is -0.404 e. The van der Waals surface area contributed by atoms with Crippen LogP contribution in [-0.2, 0) is 4.79 Å². The third kappa shape index (κ3) is 5.58. The molecule has 0 aliphatic rings. The zero-order valence-corrected chi connectivity index (χ0v) is 14.8. The molecule has 5 nitrogen and oxygen atoms in total. The predicted molar refractivity (Wildman–Crippen MR) is 95.7 cm³/mol. The SMILES string of the molecule is CCC(=O)Nc1ccc(C(=N)N)c(OC(F)(F)F)c1-c1ccc(F)cc1.Cl. The monoisotopic (exact) mass is 405 g/mol. The van der Waals surface area contributed by atoms with Crippen molar-refractivity contribution in [3.63, 3.8) is 0 Å². The van der Waals surface area contributed by atoms with Crippen molar-refractivity contribution in [1.82, 2.24) is 0 Å². The molecule has 0 fully saturated rings. The molecule has 27 heavy (non-hydrogen) atoms. The molecule has 0 atom stereocenters. The highest BCUT2D eigenvalue weighted by Crippen LogP contribution is 2.42. The Morgan fingerprint density at radius 2 is 1.78 bits per heavy atom. The van der Waals surface area contributed by atoms with E-state index < -0.39 is 29.7 Å². The van der Waals surface area contributed by atoms with E-state index in [9.17, 15) is 22.4 Å². The van der Waals surface area contributed by atoms with Crippen LogP contribution in [0.3, 0.4) is 0 Å². The molecule has 2 aromatic carbocycles. The summed E-state index contributed by atoms with van der Waals surface area (Å²) in [7, 11) is 0. The summed E-state index contributed by atoms with van der Waals surface area (Å²) >= 11 is 0. The number of halogens is 5. The van der Waals surface area contributed by atoms with Gasteiger partial charge in [0, 0.05) is 12.0 Å². The molecule has 0 bridgehead atoms. The van der Waals surface area contributed by atoms with Crippen LogP contribution in [0.2, 0.25) is 0 Å². The van der Waals surface area contributed by atoms with Crippen molar-refractivity contribution in [2.24, 2.45) is 5.73 Å². The summed E-state index contributed by atoms with van der Waals surface area (Å²) in [6.07, 6.45) is -4.97. The first-order valence-corrected chi connectivity index (χ1v) is 7.45. The largest absolute Gasteiger partial charge is 0.573 e. The first-order valence-electron chi connectivity index (χ1n) is 7.45. The number of alkyl halides is 3. The second kappa shape index (κ2) is 8.72. The van der Waals surface area contributed by atoms with Crippen molar-refractivity contribution in [2.75, 3.05) is 5.32 Å². The van der Waals surface area contributed by atoms with Crippen molar-refractivity contribution in [3.8, 4) is 16.9 Å². The first kappa shape index (κ1) is 22.2. The average Bonchev–Trinajstić information content (AvgIpc) is 2.54. The zero-order valence-electron chi connectivity index (χ0n) is 14.0. The van der Waals surface area contributed by atoms with Gasteiger partial charge in [-0.3, -0.25) is 10.2 Å². The summed E-state index contributed by atoms with van der Waals surface area (Å²) in [5, 5.41) is 9.98. The molecule has 1 amide bonds. The maximum Gasteiger partial charge on any atom is 0.573 e. The third-order valence-electron chi connectivity index (χ3n) is 3.39. The predicted octanol–water partition coefficient (Wildman–Crippen LogP) is 4.45. The van der Waals surface area contributed by atoms with Crippen molar-refractivity contribution < 1.29 is 27.1 Å². The number of amidine groups is 1. The summed E-state index contributed by atoms with van der Waals surface area (Å²) in [4.78, 5) is 11.7. The Balaban J connectivity index is 0.00000364. The Kier molecular flexibility index (Phi) is 7.18. The second-order valence-electron chi connectivity index (χ2n) is 5.23. The van der Waals surface area contributed by atoms with E-state index in [1.54, 1.807) is 6.92 Å². The van der Waals surface area contributed by atoms with E-state index in [0.29, 0.717) is 0 Å². The Morgan fingerprint density at radius 1 is 1.19 bits per heavy atom. The maximum absolute atomic E-state index is 13.2. The van der Waals surface area contributed by atoms with Crippen molar-refractivity contribution in [3.05, 3.63) is 47.8 Å². The number of nitrogen functional groups attached to an aromatic ring is 1. The molecule has 0 aliphatic carbocycles. The lowest BCUT2D eigenvalue weighted by atomic mass is 9.98. The van der Waals surface area contributed by atoms with Crippen LogP contribution in [0.4, 0.5) is 23.2 Å². The summed E-state index contributed by atoms with van der Waals surface area (Å²) in [5.74, 6) is -2.43. The molecular formula is C17H16ClF4N3O2. The maximum atomic E-state index is 13.2. The van der Waals surface area contributed by atoms with Crippen LogP contribution in [0.15, 0.2) is 36.4 Å². The number of hydrogen-bond acceptors (Lipinski definition) is 3. The molecule has 4 N–H and O–H groups in total. The van der Waals surface area contributed by atoms with Crippen LogP contribution in [-0.4, -0.2) is 18.1 Å². The summed E-state index contributed by atoms with van der Waals surface area (Å²) in [6, 6.07) is 7.03. The van der Waals surface area contributed by atoms with Gasteiger partial charge in [0.2, 0.25) is 5.91 Å². The van der Waals surface area contributed by atoms with Crippen LogP contribution in [0.1, 0.15) is 18.9 Å². The van der Waals surface area contributed by atoms with Crippen molar-refractivity contribution >= 4 is 29.8 Å². The molecular weight excluding hydrogens is 390 g/mol. The minimum absolute atomic E-state index is 0. The van der Waals surface area contributed by atoms with E-state index in [1.165, 1.54) is 18.2 Å². The molecule has 0 aliphatic heterocycles. The van der Waals surface area contributed by atoms with Crippen molar-refractivity contribution in [1.29, 1.82) is 5.41 Å². The van der Waals surface area contributed by atoms with Gasteiger partial charge in [-0.05, 0) is 29.8 Å². The molecule has 0 saturated heterocycles. The molecule has 10 heteroatoms. The van der Waals surface area contributed by atoms with Crippen LogP contribution in [0.5, 0.6) is 5.75 Å². The fraction of sp³-hybridized carbons (Fsp3) is 0.176. The minimum atomic E-state index is -5.06. The van der Waals surface area contributed by atoms with Gasteiger partial charge in [0.1, 0.15) is 17.4 Å². The number of carbonyl (C=O) groups is 1. The fourth-order valence-corrected chi connectivity index (χ4v) is 2.26. The van der Waals surface area contributed by atoms with Gasteiger partial charge in [-0.15, -0.1) is 25.6 Å². The fourth-order valence-electron chi connectivity index (χ4n) is 2.26. The van der Waals surface area contributed by atoms with Crippen LogP contribution >= 0.6 is 12.4 Å². The lowest BCUT2D eigenvalue weighted by Crippen LogP contribution is -2.22. The van der Waals surface area contributed by atoms with Gasteiger partial charge in [0.05, 0.1) is 11.3 Å². The number of carbonyl (C=O) groups excluding carboxylic acids is 1. The van der Waals surface area contributed by atoms with Crippen LogP contribution in [0.25, 0.3) is 11.1 Å². The normalized spacial score (nSPS) is 10.7. The van der Waals surface area contributed by atoms with Gasteiger partial charge >= 0.3 is 6.36 Å². The van der Waals surface area contributed by atoms with E-state index in [4.69, 9.17) is 11.1 Å². The van der Waals surface area contributed by atoms with Crippen molar-refractivity contribution in [2.45, 2.75) is 19.7 Å². The Bertz CT molecular complexity index is 839. The highest BCUT2D eigenvalue weighted by Gasteiger charge is 2.35. The number of anilines is 1. The standard InChI is InChI=1S/C17H15F4N3O2.ClH/c1-2-13(25)24-12-8-7-11(16(22)23)15(26-17(19,20)21)14(12)9-3-5-10(18)6-4-9;/h3-8H,2H2,1H3,(H3,22,23)(H,24,25);1H. The molecule has 2 rings (SSSR count). The zero-order chi connectivity index (χ0) is 19.5. The molecule has 0 saturated carbocycles. The van der Waals surface area contributed by atoms with E-state index >= 15 is 0 Å². The number of ether oxygens (including phenoxy) is 1. The molecule has 0 spiro atoms. The summed E-state index contributed by atoms with van der Waals surface area (Å²) < 4.78 is 56.1. The Labute approximate surface area is 158 Å². The first-order chi connectivity index (χ1) is 12.1. The Morgan fingerprint density at radius 3 is 2.26 bits per heavy atom. The van der Waals surface area contributed by atoms with E-state index in [2.05, 4.69) is 10.1 Å². The van der Waals surface area contributed by atoms with Crippen LogP contribution in [0, 0.1) is 11.2 Å². The highest BCUT2D eigenvalue weighted by molar-refractivity contribution is 6.04. The molecule has 0 radical (unpaired) electrons. The topological polar surface area (TPSA) is 88.2 Å².